The summed E-state index contributed by atoms with van der Waals surface area (Å²) in [5.41, 5.74) is 0. The van der Waals surface area contributed by atoms with E-state index < -0.39 is 0 Å². The first-order chi connectivity index (χ1) is 5.74. The SMILES string of the molecule is C#CCNc1nc(C)ncc1Cl. The predicted octanol–water partition coefficient (Wildman–Crippen LogP) is 1.48. The topological polar surface area (TPSA) is 37.8 Å². The van der Waals surface area contributed by atoms with Crippen LogP contribution < -0.4 is 5.32 Å². The van der Waals surface area contributed by atoms with Crippen molar-refractivity contribution in [2.45, 2.75) is 6.92 Å². The van der Waals surface area contributed by atoms with Crippen LogP contribution in [-0.4, -0.2) is 16.5 Å². The molecule has 0 fully saturated rings. The zero-order valence-electron chi connectivity index (χ0n) is 6.63. The average molecular weight is 182 g/mol. The highest BCUT2D eigenvalue weighted by atomic mass is 35.5. The van der Waals surface area contributed by atoms with Crippen molar-refractivity contribution in [2.24, 2.45) is 0 Å². The van der Waals surface area contributed by atoms with E-state index in [1.165, 1.54) is 0 Å². The van der Waals surface area contributed by atoms with Crippen LogP contribution in [0.5, 0.6) is 0 Å². The Morgan fingerprint density at radius 1 is 1.75 bits per heavy atom. The largest absolute Gasteiger partial charge is 0.358 e. The Kier molecular flexibility index (Phi) is 2.89. The standard InChI is InChI=1S/C8H8ClN3/c1-3-4-10-8-7(9)5-11-6(2)12-8/h1,5H,4H2,2H3,(H,10,11,12). The van der Waals surface area contributed by atoms with Gasteiger partial charge in [-0.15, -0.1) is 6.42 Å². The highest BCUT2D eigenvalue weighted by Crippen LogP contribution is 2.16. The highest BCUT2D eigenvalue weighted by molar-refractivity contribution is 6.32. The van der Waals surface area contributed by atoms with Gasteiger partial charge < -0.3 is 5.32 Å². The van der Waals surface area contributed by atoms with E-state index in [1.807, 2.05) is 0 Å². The van der Waals surface area contributed by atoms with E-state index >= 15 is 0 Å². The minimum absolute atomic E-state index is 0.413. The minimum atomic E-state index is 0.413. The van der Waals surface area contributed by atoms with E-state index in [0.29, 0.717) is 23.2 Å². The number of nitrogens with one attached hydrogen (secondary N) is 1. The van der Waals surface area contributed by atoms with Gasteiger partial charge in [0.1, 0.15) is 16.7 Å². The maximum Gasteiger partial charge on any atom is 0.149 e. The second-order valence-corrected chi connectivity index (χ2v) is 2.58. The summed E-state index contributed by atoms with van der Waals surface area (Å²) in [5, 5.41) is 3.37. The molecule has 0 aliphatic rings. The van der Waals surface area contributed by atoms with Crippen LogP contribution >= 0.6 is 11.6 Å². The number of anilines is 1. The lowest BCUT2D eigenvalue weighted by Crippen LogP contribution is -2.03. The van der Waals surface area contributed by atoms with Crippen molar-refractivity contribution in [1.29, 1.82) is 0 Å². The molecule has 0 saturated heterocycles. The number of aromatic nitrogens is 2. The van der Waals surface area contributed by atoms with Crippen molar-refractivity contribution in [3.05, 3.63) is 17.0 Å². The molecule has 0 spiro atoms. The molecule has 1 heterocycles. The molecule has 0 aliphatic heterocycles. The molecule has 1 aromatic heterocycles. The lowest BCUT2D eigenvalue weighted by atomic mass is 10.5. The first-order valence-electron chi connectivity index (χ1n) is 3.40. The van der Waals surface area contributed by atoms with Gasteiger partial charge in [0.05, 0.1) is 12.7 Å². The van der Waals surface area contributed by atoms with Crippen LogP contribution in [-0.2, 0) is 0 Å². The van der Waals surface area contributed by atoms with Crippen LogP contribution in [0.3, 0.4) is 0 Å². The molecule has 0 aliphatic carbocycles. The van der Waals surface area contributed by atoms with Gasteiger partial charge in [0, 0.05) is 0 Å². The molecule has 1 rings (SSSR count). The summed E-state index contributed by atoms with van der Waals surface area (Å²) in [6.45, 7) is 2.20. The van der Waals surface area contributed by atoms with Gasteiger partial charge in [-0.25, -0.2) is 9.97 Å². The molecular weight excluding hydrogens is 174 g/mol. The monoisotopic (exact) mass is 181 g/mol. The van der Waals surface area contributed by atoms with Crippen LogP contribution in [0, 0.1) is 19.3 Å². The molecule has 0 aromatic carbocycles. The third-order valence-corrected chi connectivity index (χ3v) is 1.50. The smallest absolute Gasteiger partial charge is 0.149 e. The maximum absolute atomic E-state index is 5.78. The Bertz CT molecular complexity index is 317. The summed E-state index contributed by atoms with van der Waals surface area (Å²) in [5.74, 6) is 3.68. The number of nitrogens with zero attached hydrogens (tertiary/aromatic N) is 2. The summed E-state index contributed by atoms with van der Waals surface area (Å²) >= 11 is 5.78. The Morgan fingerprint density at radius 2 is 2.50 bits per heavy atom. The van der Waals surface area contributed by atoms with Crippen molar-refractivity contribution in [3.8, 4) is 12.3 Å². The third kappa shape index (κ3) is 2.11. The molecule has 0 amide bonds. The fourth-order valence-corrected chi connectivity index (χ4v) is 0.872. The Hall–Kier alpha value is -1.27. The van der Waals surface area contributed by atoms with Crippen molar-refractivity contribution in [3.63, 3.8) is 0 Å². The Labute approximate surface area is 76.2 Å². The van der Waals surface area contributed by atoms with Gasteiger partial charge in [-0.1, -0.05) is 17.5 Å². The van der Waals surface area contributed by atoms with E-state index in [1.54, 1.807) is 13.1 Å². The second kappa shape index (κ2) is 3.93. The number of aryl methyl sites for hydroxylation is 1. The molecule has 0 radical (unpaired) electrons. The van der Waals surface area contributed by atoms with Crippen LogP contribution in [0.25, 0.3) is 0 Å². The van der Waals surface area contributed by atoms with E-state index in [0.717, 1.165) is 0 Å². The number of hydrogen-bond acceptors (Lipinski definition) is 3. The first-order valence-corrected chi connectivity index (χ1v) is 3.78. The Morgan fingerprint density at radius 3 is 3.17 bits per heavy atom. The predicted molar refractivity (Wildman–Crippen MR) is 49.1 cm³/mol. The highest BCUT2D eigenvalue weighted by Gasteiger charge is 2.00. The summed E-state index contributed by atoms with van der Waals surface area (Å²) in [7, 11) is 0. The molecule has 12 heavy (non-hydrogen) atoms. The van der Waals surface area contributed by atoms with Gasteiger partial charge >= 0.3 is 0 Å². The molecule has 0 unspecified atom stereocenters. The van der Waals surface area contributed by atoms with Gasteiger partial charge in [0.15, 0.2) is 0 Å². The van der Waals surface area contributed by atoms with E-state index in [4.69, 9.17) is 18.0 Å². The number of hydrogen-bond donors (Lipinski definition) is 1. The minimum Gasteiger partial charge on any atom is -0.358 e. The lowest BCUT2D eigenvalue weighted by Gasteiger charge is -2.03. The molecule has 0 bridgehead atoms. The molecule has 1 N–H and O–H groups in total. The second-order valence-electron chi connectivity index (χ2n) is 2.17. The molecule has 62 valence electrons. The third-order valence-electron chi connectivity index (χ3n) is 1.22. The first kappa shape index (κ1) is 8.82. The summed E-state index contributed by atoms with van der Waals surface area (Å²) in [6.07, 6.45) is 6.61. The molecule has 0 atom stereocenters. The summed E-state index contributed by atoms with van der Waals surface area (Å²) in [6, 6.07) is 0. The zero-order valence-corrected chi connectivity index (χ0v) is 7.39. The van der Waals surface area contributed by atoms with Gasteiger partial charge in [-0.2, -0.15) is 0 Å². The van der Waals surface area contributed by atoms with Crippen LogP contribution in [0.15, 0.2) is 6.20 Å². The van der Waals surface area contributed by atoms with Crippen molar-refractivity contribution in [1.82, 2.24) is 9.97 Å². The van der Waals surface area contributed by atoms with Crippen molar-refractivity contribution in [2.75, 3.05) is 11.9 Å². The fraction of sp³-hybridized carbons (Fsp3) is 0.250. The van der Waals surface area contributed by atoms with Gasteiger partial charge in [0.25, 0.3) is 0 Å². The van der Waals surface area contributed by atoms with Crippen LogP contribution in [0.4, 0.5) is 5.82 Å². The molecular formula is C8H8ClN3. The summed E-state index contributed by atoms with van der Waals surface area (Å²) < 4.78 is 0. The van der Waals surface area contributed by atoms with Gasteiger partial charge in [-0.3, -0.25) is 0 Å². The van der Waals surface area contributed by atoms with E-state index in [9.17, 15) is 0 Å². The van der Waals surface area contributed by atoms with E-state index in [2.05, 4.69) is 21.2 Å². The average Bonchev–Trinajstić information content (AvgIpc) is 2.07. The lowest BCUT2D eigenvalue weighted by molar-refractivity contribution is 1.05. The zero-order chi connectivity index (χ0) is 8.97. The van der Waals surface area contributed by atoms with E-state index in [-0.39, 0.29) is 0 Å². The molecule has 0 saturated carbocycles. The van der Waals surface area contributed by atoms with Crippen LogP contribution in [0.2, 0.25) is 5.02 Å². The van der Waals surface area contributed by atoms with Gasteiger partial charge in [-0.05, 0) is 6.92 Å². The quantitative estimate of drug-likeness (QED) is 0.703. The number of terminal acetylenes is 1. The maximum atomic E-state index is 5.78. The normalized spacial score (nSPS) is 9.08. The molecule has 1 aromatic rings. The van der Waals surface area contributed by atoms with Crippen molar-refractivity contribution >= 4 is 17.4 Å². The molecule has 3 nitrogen and oxygen atoms in total. The van der Waals surface area contributed by atoms with Crippen LogP contribution in [0.1, 0.15) is 5.82 Å². The number of halogens is 1. The number of rotatable bonds is 2. The van der Waals surface area contributed by atoms with Crippen molar-refractivity contribution < 1.29 is 0 Å². The fourth-order valence-electron chi connectivity index (χ4n) is 0.714. The Balaban J connectivity index is 2.84. The molecule has 4 heteroatoms. The summed E-state index contributed by atoms with van der Waals surface area (Å²) in [4.78, 5) is 7.97. The van der Waals surface area contributed by atoms with Gasteiger partial charge in [0.2, 0.25) is 0 Å².